The predicted molar refractivity (Wildman–Crippen MR) is 85.3 cm³/mol. The number of nitrogens with zero attached hydrogens (tertiary/aromatic N) is 2. The van der Waals surface area contributed by atoms with Crippen molar-refractivity contribution in [3.63, 3.8) is 0 Å². The molecule has 3 nitrogen and oxygen atoms in total. The van der Waals surface area contributed by atoms with Crippen molar-refractivity contribution < 1.29 is 0 Å². The quantitative estimate of drug-likeness (QED) is 0.895. The molecule has 2 rings (SSSR count). The molecule has 0 saturated heterocycles. The largest absolute Gasteiger partial charge is 0.314 e. The summed E-state index contributed by atoms with van der Waals surface area (Å²) in [4.78, 5) is 0. The van der Waals surface area contributed by atoms with Gasteiger partial charge in [0.2, 0.25) is 0 Å². The van der Waals surface area contributed by atoms with Crippen LogP contribution in [-0.4, -0.2) is 22.4 Å². The Morgan fingerprint density at radius 2 is 2.10 bits per heavy atom. The Bertz CT molecular complexity index is 441. The van der Waals surface area contributed by atoms with E-state index in [2.05, 4.69) is 35.9 Å². The van der Waals surface area contributed by atoms with Gasteiger partial charge in [0.1, 0.15) is 0 Å². The first-order valence-corrected chi connectivity index (χ1v) is 8.39. The van der Waals surface area contributed by atoms with Gasteiger partial charge in [0.25, 0.3) is 0 Å². The molecule has 1 aliphatic rings. The van der Waals surface area contributed by atoms with Crippen LogP contribution in [0.3, 0.4) is 0 Å². The van der Waals surface area contributed by atoms with Crippen LogP contribution in [0.5, 0.6) is 0 Å². The average molecular weight is 298 g/mol. The van der Waals surface area contributed by atoms with Crippen LogP contribution in [0.1, 0.15) is 51.4 Å². The molecule has 0 aromatic carbocycles. The minimum Gasteiger partial charge on any atom is -0.314 e. The molecule has 1 heterocycles. The highest BCUT2D eigenvalue weighted by Crippen LogP contribution is 2.33. The van der Waals surface area contributed by atoms with Crippen molar-refractivity contribution in [1.82, 2.24) is 15.1 Å². The van der Waals surface area contributed by atoms with E-state index < -0.39 is 0 Å². The van der Waals surface area contributed by atoms with Gasteiger partial charge in [-0.05, 0) is 57.9 Å². The Balaban J connectivity index is 2.17. The molecular formula is C16H28ClN3. The Hall–Kier alpha value is -0.540. The van der Waals surface area contributed by atoms with Crippen molar-refractivity contribution in [2.24, 2.45) is 11.8 Å². The van der Waals surface area contributed by atoms with Gasteiger partial charge in [-0.25, -0.2) is 0 Å². The third-order valence-electron chi connectivity index (χ3n) is 4.62. The molecule has 0 amide bonds. The maximum atomic E-state index is 6.47. The van der Waals surface area contributed by atoms with Gasteiger partial charge in [0.15, 0.2) is 0 Å². The smallest absolute Gasteiger partial charge is 0.0847 e. The molecule has 0 bridgehead atoms. The van der Waals surface area contributed by atoms with Crippen LogP contribution >= 0.6 is 11.6 Å². The lowest BCUT2D eigenvalue weighted by atomic mass is 9.76. The fourth-order valence-electron chi connectivity index (χ4n) is 3.57. The standard InChI is InChI=1S/C16H28ClN3/c1-5-18-14-8-7-11(3)9-13(14)10-15-16(17)12(4)19-20(15)6-2/h11,13-14,18H,5-10H2,1-4H3. The van der Waals surface area contributed by atoms with E-state index in [-0.39, 0.29) is 0 Å². The van der Waals surface area contributed by atoms with Crippen molar-refractivity contribution in [3.05, 3.63) is 16.4 Å². The molecule has 1 aromatic heterocycles. The van der Waals surface area contributed by atoms with Crippen LogP contribution in [0.25, 0.3) is 0 Å². The van der Waals surface area contributed by atoms with Crippen molar-refractivity contribution in [2.45, 2.75) is 66.0 Å². The van der Waals surface area contributed by atoms with Gasteiger partial charge in [-0.3, -0.25) is 4.68 Å². The van der Waals surface area contributed by atoms with E-state index >= 15 is 0 Å². The fourth-order valence-corrected chi connectivity index (χ4v) is 3.78. The molecule has 3 unspecified atom stereocenters. The topological polar surface area (TPSA) is 29.9 Å². The fraction of sp³-hybridized carbons (Fsp3) is 0.812. The summed E-state index contributed by atoms with van der Waals surface area (Å²) in [5.74, 6) is 1.50. The van der Waals surface area contributed by atoms with Crippen molar-refractivity contribution in [2.75, 3.05) is 6.54 Å². The van der Waals surface area contributed by atoms with Gasteiger partial charge in [0.05, 0.1) is 16.4 Å². The van der Waals surface area contributed by atoms with Crippen LogP contribution in [0, 0.1) is 18.8 Å². The maximum absolute atomic E-state index is 6.47. The van der Waals surface area contributed by atoms with E-state index in [0.717, 1.165) is 36.1 Å². The second-order valence-corrected chi connectivity index (χ2v) is 6.59. The second kappa shape index (κ2) is 6.95. The Morgan fingerprint density at radius 1 is 1.35 bits per heavy atom. The molecule has 0 aliphatic heterocycles. The Kier molecular flexibility index (Phi) is 5.50. The minimum absolute atomic E-state index is 0.632. The van der Waals surface area contributed by atoms with Crippen LogP contribution in [0.4, 0.5) is 0 Å². The summed E-state index contributed by atoms with van der Waals surface area (Å²) in [6.07, 6.45) is 4.97. The third kappa shape index (κ3) is 3.37. The molecule has 1 fully saturated rings. The van der Waals surface area contributed by atoms with Crippen molar-refractivity contribution in [3.8, 4) is 0 Å². The molecule has 20 heavy (non-hydrogen) atoms. The summed E-state index contributed by atoms with van der Waals surface area (Å²) in [5, 5.41) is 9.09. The molecule has 4 heteroatoms. The number of aryl methyl sites for hydroxylation is 2. The summed E-state index contributed by atoms with van der Waals surface area (Å²) >= 11 is 6.47. The average Bonchev–Trinajstić information content (AvgIpc) is 2.69. The van der Waals surface area contributed by atoms with Gasteiger partial charge < -0.3 is 5.32 Å². The zero-order valence-corrected chi connectivity index (χ0v) is 14.0. The zero-order valence-electron chi connectivity index (χ0n) is 13.2. The van der Waals surface area contributed by atoms with E-state index in [1.165, 1.54) is 25.0 Å². The molecule has 1 aromatic rings. The summed E-state index contributed by atoms with van der Waals surface area (Å²) in [7, 11) is 0. The van der Waals surface area contributed by atoms with Crippen molar-refractivity contribution in [1.29, 1.82) is 0 Å². The summed E-state index contributed by atoms with van der Waals surface area (Å²) in [6.45, 7) is 10.7. The van der Waals surface area contributed by atoms with Gasteiger partial charge in [-0.2, -0.15) is 5.10 Å². The van der Waals surface area contributed by atoms with Crippen LogP contribution < -0.4 is 5.32 Å². The van der Waals surface area contributed by atoms with Gasteiger partial charge >= 0.3 is 0 Å². The number of rotatable bonds is 5. The SMILES string of the molecule is CCNC1CCC(C)CC1Cc1c(Cl)c(C)nn1CC. The predicted octanol–water partition coefficient (Wildman–Crippen LogP) is 3.82. The van der Waals surface area contributed by atoms with E-state index in [1.807, 2.05) is 6.92 Å². The summed E-state index contributed by atoms with van der Waals surface area (Å²) < 4.78 is 2.08. The second-order valence-electron chi connectivity index (χ2n) is 6.21. The van der Waals surface area contributed by atoms with E-state index in [4.69, 9.17) is 11.6 Å². The highest BCUT2D eigenvalue weighted by Gasteiger charge is 2.30. The minimum atomic E-state index is 0.632. The van der Waals surface area contributed by atoms with Gasteiger partial charge in [-0.1, -0.05) is 25.4 Å². The Morgan fingerprint density at radius 3 is 2.75 bits per heavy atom. The number of hydrogen-bond donors (Lipinski definition) is 1. The molecule has 3 atom stereocenters. The lowest BCUT2D eigenvalue weighted by Crippen LogP contribution is -2.41. The first kappa shape index (κ1) is 15.8. The summed E-state index contributed by atoms with van der Waals surface area (Å²) in [5.41, 5.74) is 2.20. The number of hydrogen-bond acceptors (Lipinski definition) is 2. The normalized spacial score (nSPS) is 26.9. The highest BCUT2D eigenvalue weighted by atomic mass is 35.5. The first-order chi connectivity index (χ1) is 9.56. The van der Waals surface area contributed by atoms with Crippen LogP contribution in [0.15, 0.2) is 0 Å². The molecule has 0 spiro atoms. The van der Waals surface area contributed by atoms with Crippen molar-refractivity contribution >= 4 is 11.6 Å². The molecule has 1 aliphatic carbocycles. The maximum Gasteiger partial charge on any atom is 0.0847 e. The number of nitrogens with one attached hydrogen (secondary N) is 1. The van der Waals surface area contributed by atoms with Crippen LogP contribution in [0.2, 0.25) is 5.02 Å². The monoisotopic (exact) mass is 297 g/mol. The summed E-state index contributed by atoms with van der Waals surface area (Å²) in [6, 6.07) is 0.632. The third-order valence-corrected chi connectivity index (χ3v) is 5.11. The Labute approximate surface area is 128 Å². The highest BCUT2D eigenvalue weighted by molar-refractivity contribution is 6.31. The molecule has 0 radical (unpaired) electrons. The van der Waals surface area contributed by atoms with Gasteiger partial charge in [-0.15, -0.1) is 0 Å². The molecule has 1 saturated carbocycles. The lowest BCUT2D eigenvalue weighted by molar-refractivity contribution is 0.211. The molecular weight excluding hydrogens is 270 g/mol. The van der Waals surface area contributed by atoms with E-state index in [1.54, 1.807) is 0 Å². The molecule has 1 N–H and O–H groups in total. The lowest BCUT2D eigenvalue weighted by Gasteiger charge is -2.35. The van der Waals surface area contributed by atoms with E-state index in [0.29, 0.717) is 12.0 Å². The van der Waals surface area contributed by atoms with Crippen LogP contribution in [-0.2, 0) is 13.0 Å². The first-order valence-electron chi connectivity index (χ1n) is 8.01. The number of halogens is 1. The molecule has 114 valence electrons. The van der Waals surface area contributed by atoms with Gasteiger partial charge in [0, 0.05) is 12.6 Å². The van der Waals surface area contributed by atoms with E-state index in [9.17, 15) is 0 Å². The number of aromatic nitrogens is 2. The zero-order chi connectivity index (χ0) is 14.7.